The molecule has 7 nitrogen and oxygen atoms in total. The standard InChI is InChI=1S/C10H12N2O5S2/c1-4-5(3-6(13)14)18-10(12-4)19-8(11)7(17-2)9(15)16/h7,11H,3H2,1-2H3,(H,13,14)(H,15,16). The molecule has 1 heterocycles. The summed E-state index contributed by atoms with van der Waals surface area (Å²) in [4.78, 5) is 26.1. The predicted octanol–water partition coefficient (Wildman–Crippen LogP) is 1.25. The fourth-order valence-electron chi connectivity index (χ4n) is 1.21. The van der Waals surface area contributed by atoms with Crippen LogP contribution in [-0.2, 0) is 20.7 Å². The minimum Gasteiger partial charge on any atom is -0.481 e. The molecule has 0 spiro atoms. The van der Waals surface area contributed by atoms with Gasteiger partial charge in [0.1, 0.15) is 5.04 Å². The number of thiazole rings is 1. The fraction of sp³-hybridized carbons (Fsp3) is 0.400. The van der Waals surface area contributed by atoms with Crippen molar-refractivity contribution in [1.82, 2.24) is 4.98 Å². The molecule has 0 amide bonds. The van der Waals surface area contributed by atoms with E-state index in [0.29, 0.717) is 14.9 Å². The van der Waals surface area contributed by atoms with Gasteiger partial charge in [0.25, 0.3) is 0 Å². The second kappa shape index (κ2) is 6.64. The largest absolute Gasteiger partial charge is 0.481 e. The zero-order valence-electron chi connectivity index (χ0n) is 10.2. The fourth-order valence-corrected chi connectivity index (χ4v) is 3.41. The number of nitrogens with one attached hydrogen (secondary N) is 1. The molecule has 1 aromatic heterocycles. The van der Waals surface area contributed by atoms with Crippen LogP contribution in [0, 0.1) is 12.3 Å². The lowest BCUT2D eigenvalue weighted by atomic mass is 10.3. The summed E-state index contributed by atoms with van der Waals surface area (Å²) in [5.41, 5.74) is 0.576. The number of aliphatic carboxylic acids is 2. The Labute approximate surface area is 117 Å². The third-order valence-corrected chi connectivity index (χ3v) is 4.23. The van der Waals surface area contributed by atoms with E-state index in [1.165, 1.54) is 7.11 Å². The molecule has 0 aliphatic rings. The van der Waals surface area contributed by atoms with Crippen molar-refractivity contribution in [1.29, 1.82) is 5.41 Å². The zero-order valence-corrected chi connectivity index (χ0v) is 11.8. The zero-order chi connectivity index (χ0) is 14.6. The highest BCUT2D eigenvalue weighted by molar-refractivity contribution is 8.15. The number of hydrogen-bond donors (Lipinski definition) is 3. The van der Waals surface area contributed by atoms with Gasteiger partial charge in [0.2, 0.25) is 6.10 Å². The number of carbonyl (C=O) groups is 2. The number of aromatic nitrogens is 1. The second-order valence-corrected chi connectivity index (χ2v) is 5.85. The maximum atomic E-state index is 10.8. The van der Waals surface area contributed by atoms with Crippen molar-refractivity contribution < 1.29 is 24.5 Å². The molecule has 3 N–H and O–H groups in total. The van der Waals surface area contributed by atoms with Crippen molar-refractivity contribution in [3.63, 3.8) is 0 Å². The minimum atomic E-state index is -1.34. The first-order chi connectivity index (χ1) is 8.85. The highest BCUT2D eigenvalue weighted by atomic mass is 32.2. The summed E-state index contributed by atoms with van der Waals surface area (Å²) in [6, 6.07) is 0. The van der Waals surface area contributed by atoms with Gasteiger partial charge >= 0.3 is 11.9 Å². The topological polar surface area (TPSA) is 121 Å². The van der Waals surface area contributed by atoms with E-state index in [9.17, 15) is 9.59 Å². The summed E-state index contributed by atoms with van der Waals surface area (Å²) in [7, 11) is 1.21. The molecule has 9 heteroatoms. The van der Waals surface area contributed by atoms with E-state index in [0.717, 1.165) is 23.1 Å². The van der Waals surface area contributed by atoms with Gasteiger partial charge in [-0.3, -0.25) is 10.2 Å². The Morgan fingerprint density at radius 2 is 2.16 bits per heavy atom. The number of nitrogens with zero attached hydrogens (tertiary/aromatic N) is 1. The van der Waals surface area contributed by atoms with Crippen LogP contribution in [0.25, 0.3) is 0 Å². The molecule has 0 radical (unpaired) electrons. The van der Waals surface area contributed by atoms with Crippen molar-refractivity contribution in [3.8, 4) is 0 Å². The van der Waals surface area contributed by atoms with E-state index in [2.05, 4.69) is 9.72 Å². The van der Waals surface area contributed by atoms with Gasteiger partial charge in [0, 0.05) is 12.0 Å². The number of carboxylic acids is 2. The Balaban J connectivity index is 2.80. The Hall–Kier alpha value is -1.45. The van der Waals surface area contributed by atoms with E-state index >= 15 is 0 Å². The quantitative estimate of drug-likeness (QED) is 0.411. The monoisotopic (exact) mass is 304 g/mol. The summed E-state index contributed by atoms with van der Waals surface area (Å²) in [5.74, 6) is -2.21. The summed E-state index contributed by atoms with van der Waals surface area (Å²) in [6.45, 7) is 1.67. The highest BCUT2D eigenvalue weighted by Crippen LogP contribution is 2.29. The number of methoxy groups -OCH3 is 1. The van der Waals surface area contributed by atoms with Gasteiger partial charge in [-0.05, 0) is 18.7 Å². The molecule has 1 aromatic rings. The van der Waals surface area contributed by atoms with Crippen LogP contribution < -0.4 is 0 Å². The lowest BCUT2D eigenvalue weighted by Crippen LogP contribution is -2.29. The van der Waals surface area contributed by atoms with E-state index < -0.39 is 18.0 Å². The number of aryl methyl sites for hydroxylation is 1. The van der Waals surface area contributed by atoms with Gasteiger partial charge in [0.05, 0.1) is 12.1 Å². The van der Waals surface area contributed by atoms with Gasteiger partial charge in [-0.2, -0.15) is 0 Å². The van der Waals surface area contributed by atoms with Crippen molar-refractivity contribution in [2.24, 2.45) is 0 Å². The van der Waals surface area contributed by atoms with E-state index in [1.807, 2.05) is 0 Å². The molecule has 0 saturated carbocycles. The summed E-state index contributed by atoms with van der Waals surface area (Å²) < 4.78 is 5.12. The molecule has 1 unspecified atom stereocenters. The maximum absolute atomic E-state index is 10.8. The Morgan fingerprint density at radius 3 is 2.63 bits per heavy atom. The van der Waals surface area contributed by atoms with E-state index in [-0.39, 0.29) is 11.5 Å². The molecule has 19 heavy (non-hydrogen) atoms. The molecule has 0 aliphatic carbocycles. The summed E-state index contributed by atoms with van der Waals surface area (Å²) in [5, 5.41) is 25.0. The molecule has 0 saturated heterocycles. The third-order valence-electron chi connectivity index (χ3n) is 2.08. The van der Waals surface area contributed by atoms with E-state index in [4.69, 9.17) is 15.6 Å². The van der Waals surface area contributed by atoms with Crippen LogP contribution in [-0.4, -0.2) is 45.4 Å². The van der Waals surface area contributed by atoms with Gasteiger partial charge in [-0.15, -0.1) is 11.3 Å². The molecule has 0 aliphatic heterocycles. The van der Waals surface area contributed by atoms with Gasteiger partial charge < -0.3 is 14.9 Å². The molecule has 0 aromatic carbocycles. The second-order valence-electron chi connectivity index (χ2n) is 3.48. The smallest absolute Gasteiger partial charge is 0.339 e. The molecule has 104 valence electrons. The Kier molecular flexibility index (Phi) is 5.45. The van der Waals surface area contributed by atoms with Crippen molar-refractivity contribution >= 4 is 40.1 Å². The molecular formula is C10H12N2O5S2. The highest BCUT2D eigenvalue weighted by Gasteiger charge is 2.24. The van der Waals surface area contributed by atoms with Crippen LogP contribution in [0.3, 0.4) is 0 Å². The first-order valence-electron chi connectivity index (χ1n) is 5.05. The molecule has 1 rings (SSSR count). The molecule has 1 atom stereocenters. The summed E-state index contributed by atoms with van der Waals surface area (Å²) in [6.07, 6.45) is -1.47. The van der Waals surface area contributed by atoms with Crippen molar-refractivity contribution in [2.45, 2.75) is 23.8 Å². The minimum absolute atomic E-state index is 0.135. The van der Waals surface area contributed by atoms with E-state index in [1.54, 1.807) is 6.92 Å². The van der Waals surface area contributed by atoms with Gasteiger partial charge in [-0.25, -0.2) is 9.78 Å². The van der Waals surface area contributed by atoms with Crippen LogP contribution in [0.2, 0.25) is 0 Å². The Morgan fingerprint density at radius 1 is 1.53 bits per heavy atom. The maximum Gasteiger partial charge on any atom is 0.339 e. The SMILES string of the molecule is COC(C(=N)Sc1nc(C)c(CC(=O)O)s1)C(=O)O. The lowest BCUT2D eigenvalue weighted by molar-refractivity contribution is -0.144. The third kappa shape index (κ3) is 4.30. The van der Waals surface area contributed by atoms with Crippen LogP contribution in [0.15, 0.2) is 4.34 Å². The summed E-state index contributed by atoms with van der Waals surface area (Å²) >= 11 is 2.00. The number of hydrogen-bond acceptors (Lipinski definition) is 7. The molecule has 0 bridgehead atoms. The van der Waals surface area contributed by atoms with Crippen LogP contribution in [0.1, 0.15) is 10.6 Å². The Bertz CT molecular complexity index is 514. The predicted molar refractivity (Wildman–Crippen MR) is 70.2 cm³/mol. The number of ether oxygens (including phenoxy) is 1. The van der Waals surface area contributed by atoms with Crippen molar-refractivity contribution in [2.75, 3.05) is 7.11 Å². The average molecular weight is 304 g/mol. The van der Waals surface area contributed by atoms with Crippen LogP contribution in [0.4, 0.5) is 0 Å². The lowest BCUT2D eigenvalue weighted by Gasteiger charge is -2.09. The van der Waals surface area contributed by atoms with Gasteiger partial charge in [-0.1, -0.05) is 0 Å². The van der Waals surface area contributed by atoms with Gasteiger partial charge in [0.15, 0.2) is 4.34 Å². The molecular weight excluding hydrogens is 292 g/mol. The average Bonchev–Trinajstić information content (AvgIpc) is 2.58. The number of thioether (sulfide) groups is 1. The first kappa shape index (κ1) is 15.6. The number of rotatable bonds is 6. The first-order valence-corrected chi connectivity index (χ1v) is 6.68. The van der Waals surface area contributed by atoms with Crippen molar-refractivity contribution in [3.05, 3.63) is 10.6 Å². The van der Waals surface area contributed by atoms with Crippen LogP contribution >= 0.6 is 23.1 Å². The number of carboxylic acid groups (broad SMARTS) is 2. The normalized spacial score (nSPS) is 12.1. The molecule has 0 fully saturated rings. The van der Waals surface area contributed by atoms with Crippen LogP contribution in [0.5, 0.6) is 0 Å².